The summed E-state index contributed by atoms with van der Waals surface area (Å²) >= 11 is 10.7. The maximum Gasteiger partial charge on any atom is 0.269 e. The predicted molar refractivity (Wildman–Crippen MR) is 90.3 cm³/mol. The van der Waals surface area contributed by atoms with E-state index in [0.717, 1.165) is 17.3 Å². The van der Waals surface area contributed by atoms with Crippen LogP contribution in [0.3, 0.4) is 0 Å². The number of nitrogens with one attached hydrogen (secondary N) is 2. The topological polar surface area (TPSA) is 80.0 Å². The molecule has 0 atom stereocenters. The molecule has 21 heavy (non-hydrogen) atoms. The molecule has 1 heterocycles. The van der Waals surface area contributed by atoms with Crippen LogP contribution in [-0.2, 0) is 0 Å². The van der Waals surface area contributed by atoms with E-state index >= 15 is 0 Å². The number of carbonyl (C=O) groups excluding carboxylic acids is 1. The van der Waals surface area contributed by atoms with E-state index in [1.54, 1.807) is 18.2 Å². The van der Waals surface area contributed by atoms with Gasteiger partial charge in [0.2, 0.25) is 0 Å². The molecule has 1 aromatic heterocycles. The molecule has 4 N–H and O–H groups in total. The number of nitrogen functional groups attached to an aromatic ring is 1. The average Bonchev–Trinajstić information content (AvgIpc) is 3.16. The second-order valence-corrected chi connectivity index (χ2v) is 7.05. The SMILES string of the molecule is Nc1nc(NC2CC2)sc1C(=O)Nc1cc(Br)ccc1Cl. The Labute approximate surface area is 139 Å². The molecule has 1 aliphatic carbocycles. The Morgan fingerprint density at radius 1 is 1.48 bits per heavy atom. The van der Waals surface area contributed by atoms with Crippen LogP contribution in [0.25, 0.3) is 0 Å². The first-order valence-corrected chi connectivity index (χ1v) is 8.31. The molecule has 1 amide bonds. The smallest absolute Gasteiger partial charge is 0.269 e. The quantitative estimate of drug-likeness (QED) is 0.741. The second-order valence-electron chi connectivity index (χ2n) is 4.73. The zero-order valence-electron chi connectivity index (χ0n) is 10.8. The molecule has 8 heteroatoms. The summed E-state index contributed by atoms with van der Waals surface area (Å²) in [5, 5.41) is 7.13. The highest BCUT2D eigenvalue weighted by molar-refractivity contribution is 9.10. The van der Waals surface area contributed by atoms with Crippen LogP contribution in [-0.4, -0.2) is 16.9 Å². The fourth-order valence-corrected chi connectivity index (χ4v) is 3.11. The van der Waals surface area contributed by atoms with Crippen LogP contribution in [0.5, 0.6) is 0 Å². The first-order valence-electron chi connectivity index (χ1n) is 6.32. The number of rotatable bonds is 4. The summed E-state index contributed by atoms with van der Waals surface area (Å²) in [5.74, 6) is -0.0828. The summed E-state index contributed by atoms with van der Waals surface area (Å²) < 4.78 is 0.829. The van der Waals surface area contributed by atoms with Crippen molar-refractivity contribution in [3.8, 4) is 0 Å². The number of aromatic nitrogens is 1. The molecule has 5 nitrogen and oxygen atoms in total. The van der Waals surface area contributed by atoms with E-state index in [-0.39, 0.29) is 11.7 Å². The predicted octanol–water partition coefficient (Wildman–Crippen LogP) is 3.97. The van der Waals surface area contributed by atoms with Gasteiger partial charge in [0.15, 0.2) is 5.13 Å². The van der Waals surface area contributed by atoms with Crippen LogP contribution < -0.4 is 16.4 Å². The van der Waals surface area contributed by atoms with Gasteiger partial charge in [0.05, 0.1) is 10.7 Å². The fraction of sp³-hybridized carbons (Fsp3) is 0.231. The number of hydrogen-bond donors (Lipinski definition) is 3. The standard InChI is InChI=1S/C13H12BrClN4OS/c14-6-1-4-8(15)9(5-6)18-12(20)10-11(16)19-13(21-10)17-7-2-3-7/h1,4-5,7H,2-3,16H2,(H,17,19)(H,18,20). The van der Waals surface area contributed by atoms with Crippen LogP contribution >= 0.6 is 38.9 Å². The molecule has 1 aromatic carbocycles. The normalized spacial score (nSPS) is 14.0. The molecule has 3 rings (SSSR count). The molecule has 1 aliphatic rings. The van der Waals surface area contributed by atoms with Crippen molar-refractivity contribution in [2.45, 2.75) is 18.9 Å². The highest BCUT2D eigenvalue weighted by Crippen LogP contribution is 2.32. The Morgan fingerprint density at radius 2 is 2.24 bits per heavy atom. The number of nitrogens with two attached hydrogens (primary N) is 1. The van der Waals surface area contributed by atoms with Gasteiger partial charge in [-0.05, 0) is 31.0 Å². The van der Waals surface area contributed by atoms with E-state index in [1.165, 1.54) is 11.3 Å². The van der Waals surface area contributed by atoms with Crippen molar-refractivity contribution in [3.05, 3.63) is 32.6 Å². The minimum Gasteiger partial charge on any atom is -0.382 e. The van der Waals surface area contributed by atoms with Crippen molar-refractivity contribution >= 4 is 61.4 Å². The summed E-state index contributed by atoms with van der Waals surface area (Å²) in [5.41, 5.74) is 6.34. The maximum atomic E-state index is 12.3. The highest BCUT2D eigenvalue weighted by Gasteiger charge is 2.24. The number of hydrogen-bond acceptors (Lipinski definition) is 5. The lowest BCUT2D eigenvalue weighted by atomic mass is 10.3. The van der Waals surface area contributed by atoms with Gasteiger partial charge >= 0.3 is 0 Å². The van der Waals surface area contributed by atoms with Gasteiger partial charge in [-0.3, -0.25) is 4.79 Å². The third-order valence-electron chi connectivity index (χ3n) is 2.94. The van der Waals surface area contributed by atoms with E-state index in [2.05, 4.69) is 31.5 Å². The van der Waals surface area contributed by atoms with Crippen LogP contribution in [0.2, 0.25) is 5.02 Å². The molecule has 0 radical (unpaired) electrons. The Morgan fingerprint density at radius 3 is 2.95 bits per heavy atom. The van der Waals surface area contributed by atoms with E-state index in [4.69, 9.17) is 17.3 Å². The maximum absolute atomic E-state index is 12.3. The lowest BCUT2D eigenvalue weighted by molar-refractivity contribution is 0.103. The molecule has 0 spiro atoms. The number of anilines is 3. The molecule has 0 bridgehead atoms. The Bertz CT molecular complexity index is 701. The molecule has 1 fully saturated rings. The molecule has 110 valence electrons. The lowest BCUT2D eigenvalue weighted by Crippen LogP contribution is -2.12. The molecule has 2 aromatic rings. The van der Waals surface area contributed by atoms with Crippen LogP contribution in [0, 0.1) is 0 Å². The Balaban J connectivity index is 1.78. The first-order chi connectivity index (χ1) is 10.0. The number of thiazole rings is 1. The fourth-order valence-electron chi connectivity index (χ4n) is 1.73. The second kappa shape index (κ2) is 5.82. The molecule has 0 saturated heterocycles. The number of amides is 1. The van der Waals surface area contributed by atoms with E-state index in [0.29, 0.717) is 26.8 Å². The Kier molecular flexibility index (Phi) is 4.05. The lowest BCUT2D eigenvalue weighted by Gasteiger charge is -2.06. The summed E-state index contributed by atoms with van der Waals surface area (Å²) in [6.45, 7) is 0. The van der Waals surface area contributed by atoms with Crippen molar-refractivity contribution < 1.29 is 4.79 Å². The number of nitrogens with zero attached hydrogens (tertiary/aromatic N) is 1. The average molecular weight is 388 g/mol. The van der Waals surface area contributed by atoms with Gasteiger partial charge in [-0.25, -0.2) is 4.98 Å². The zero-order chi connectivity index (χ0) is 15.0. The minimum atomic E-state index is -0.311. The summed E-state index contributed by atoms with van der Waals surface area (Å²) in [6.07, 6.45) is 2.27. The van der Waals surface area contributed by atoms with Gasteiger partial charge in [0.25, 0.3) is 5.91 Å². The molecule has 1 saturated carbocycles. The van der Waals surface area contributed by atoms with Crippen molar-refractivity contribution in [1.82, 2.24) is 4.98 Å². The van der Waals surface area contributed by atoms with Gasteiger partial charge in [0, 0.05) is 10.5 Å². The van der Waals surface area contributed by atoms with Crippen LogP contribution in [0.15, 0.2) is 22.7 Å². The summed E-state index contributed by atoms with van der Waals surface area (Å²) in [7, 11) is 0. The van der Waals surface area contributed by atoms with Gasteiger partial charge in [-0.1, -0.05) is 38.9 Å². The Hall–Kier alpha value is -1.31. The first kappa shape index (κ1) is 14.6. The molecular formula is C13H12BrClN4OS. The van der Waals surface area contributed by atoms with Gasteiger partial charge < -0.3 is 16.4 Å². The van der Waals surface area contributed by atoms with Gasteiger partial charge in [-0.2, -0.15) is 0 Å². The van der Waals surface area contributed by atoms with Crippen LogP contribution in [0.1, 0.15) is 22.5 Å². The summed E-state index contributed by atoms with van der Waals surface area (Å²) in [6, 6.07) is 5.71. The molecule has 0 unspecified atom stereocenters. The monoisotopic (exact) mass is 386 g/mol. The molecule has 0 aliphatic heterocycles. The van der Waals surface area contributed by atoms with Crippen molar-refractivity contribution in [2.75, 3.05) is 16.4 Å². The van der Waals surface area contributed by atoms with Crippen molar-refractivity contribution in [1.29, 1.82) is 0 Å². The number of benzene rings is 1. The van der Waals surface area contributed by atoms with E-state index < -0.39 is 0 Å². The van der Waals surface area contributed by atoms with Gasteiger partial charge in [-0.15, -0.1) is 0 Å². The number of carbonyl (C=O) groups is 1. The molecular weight excluding hydrogens is 376 g/mol. The van der Waals surface area contributed by atoms with Crippen molar-refractivity contribution in [3.63, 3.8) is 0 Å². The third kappa shape index (κ3) is 3.48. The minimum absolute atomic E-state index is 0.228. The largest absolute Gasteiger partial charge is 0.382 e. The van der Waals surface area contributed by atoms with Crippen molar-refractivity contribution in [2.24, 2.45) is 0 Å². The van der Waals surface area contributed by atoms with E-state index in [1.807, 2.05) is 0 Å². The highest BCUT2D eigenvalue weighted by atomic mass is 79.9. The van der Waals surface area contributed by atoms with E-state index in [9.17, 15) is 4.79 Å². The summed E-state index contributed by atoms with van der Waals surface area (Å²) in [4.78, 5) is 16.8. The van der Waals surface area contributed by atoms with Gasteiger partial charge in [0.1, 0.15) is 10.7 Å². The van der Waals surface area contributed by atoms with Crippen LogP contribution in [0.4, 0.5) is 16.6 Å². The third-order valence-corrected chi connectivity index (χ3v) is 4.77. The number of halogens is 2. The zero-order valence-corrected chi connectivity index (χ0v) is 14.0.